The predicted molar refractivity (Wildman–Crippen MR) is 105 cm³/mol. The number of hydrogen-bond donors (Lipinski definition) is 1. The molecule has 0 saturated heterocycles. The molecule has 0 unspecified atom stereocenters. The first kappa shape index (κ1) is 20.8. The van der Waals surface area contributed by atoms with Gasteiger partial charge in [-0.15, -0.1) is 0 Å². The van der Waals surface area contributed by atoms with Gasteiger partial charge in [0.2, 0.25) is 11.7 Å². The van der Waals surface area contributed by atoms with Gasteiger partial charge in [0, 0.05) is 16.0 Å². The summed E-state index contributed by atoms with van der Waals surface area (Å²) in [4.78, 5) is 12.4. The number of aromatic nitrogens is 2. The molecule has 1 N–H and O–H groups in total. The number of carbonyl (C=O) groups is 1. The van der Waals surface area contributed by atoms with Crippen LogP contribution in [0.5, 0.6) is 0 Å². The summed E-state index contributed by atoms with van der Waals surface area (Å²) in [6.45, 7) is -0.551. The third-order valence-electron chi connectivity index (χ3n) is 4.53. The molecule has 0 fully saturated rings. The van der Waals surface area contributed by atoms with Gasteiger partial charge in [0.25, 0.3) is 0 Å². The molecule has 1 aromatic heterocycles. The Bertz CT molecular complexity index is 1300. The van der Waals surface area contributed by atoms with Gasteiger partial charge in [-0.05, 0) is 18.2 Å². The van der Waals surface area contributed by atoms with Gasteiger partial charge < -0.3 is 5.32 Å². The summed E-state index contributed by atoms with van der Waals surface area (Å²) in [6.07, 6.45) is 0. The average Bonchev–Trinajstić information content (AvgIpc) is 3.11. The zero-order chi connectivity index (χ0) is 22.3. The van der Waals surface area contributed by atoms with Gasteiger partial charge in [-0.1, -0.05) is 41.9 Å². The Morgan fingerprint density at radius 3 is 2.16 bits per heavy atom. The number of anilines is 1. The normalized spacial score (nSPS) is 11.2. The fraction of sp³-hybridized carbons (Fsp3) is 0.0476. The van der Waals surface area contributed by atoms with Crippen molar-refractivity contribution >= 4 is 34.1 Å². The molecule has 0 aliphatic heterocycles. The van der Waals surface area contributed by atoms with E-state index in [1.165, 1.54) is 4.68 Å². The summed E-state index contributed by atoms with van der Waals surface area (Å²) in [5.74, 6) is -11.9. The third-order valence-corrected chi connectivity index (χ3v) is 4.76. The predicted octanol–water partition coefficient (Wildman–Crippen LogP) is 5.69. The third kappa shape index (κ3) is 3.72. The molecule has 4 nitrogen and oxygen atoms in total. The minimum absolute atomic E-state index is 0.426. The SMILES string of the molecule is O=C(Cn1nc(-c2ccccc2)c2cc(Cl)ccc21)Nc1c(F)c(F)c(F)c(F)c1F. The van der Waals surface area contributed by atoms with Crippen molar-refractivity contribution in [3.8, 4) is 11.3 Å². The quantitative estimate of drug-likeness (QED) is 0.246. The number of rotatable bonds is 4. The van der Waals surface area contributed by atoms with E-state index in [1.807, 2.05) is 6.07 Å². The molecule has 3 aromatic carbocycles. The molecule has 1 amide bonds. The Kier molecular flexibility index (Phi) is 5.36. The highest BCUT2D eigenvalue weighted by Gasteiger charge is 2.27. The molecule has 0 spiro atoms. The van der Waals surface area contributed by atoms with Crippen LogP contribution in [0.25, 0.3) is 22.2 Å². The van der Waals surface area contributed by atoms with Crippen molar-refractivity contribution in [1.29, 1.82) is 0 Å². The molecule has 4 rings (SSSR count). The van der Waals surface area contributed by atoms with E-state index in [1.54, 1.807) is 47.8 Å². The maximum absolute atomic E-state index is 13.9. The molecule has 0 saturated carbocycles. The molecule has 0 bridgehead atoms. The van der Waals surface area contributed by atoms with E-state index >= 15 is 0 Å². The second-order valence-corrected chi connectivity index (χ2v) is 6.96. The summed E-state index contributed by atoms with van der Waals surface area (Å²) < 4.78 is 68.9. The lowest BCUT2D eigenvalue weighted by Crippen LogP contribution is -2.22. The van der Waals surface area contributed by atoms with Gasteiger partial charge in [0.05, 0.1) is 5.52 Å². The summed E-state index contributed by atoms with van der Waals surface area (Å²) in [5.41, 5.74) is 0.288. The van der Waals surface area contributed by atoms with E-state index in [-0.39, 0.29) is 0 Å². The number of halogens is 6. The molecule has 0 atom stereocenters. The van der Waals surface area contributed by atoms with Crippen molar-refractivity contribution in [2.75, 3.05) is 5.32 Å². The molecule has 1 heterocycles. The van der Waals surface area contributed by atoms with Crippen LogP contribution >= 0.6 is 11.6 Å². The minimum Gasteiger partial charge on any atom is -0.319 e. The van der Waals surface area contributed by atoms with E-state index in [9.17, 15) is 26.7 Å². The first-order valence-corrected chi connectivity index (χ1v) is 9.18. The molecule has 31 heavy (non-hydrogen) atoms. The topological polar surface area (TPSA) is 46.9 Å². The van der Waals surface area contributed by atoms with Crippen LogP contribution in [0.1, 0.15) is 0 Å². The lowest BCUT2D eigenvalue weighted by molar-refractivity contribution is -0.116. The van der Waals surface area contributed by atoms with Gasteiger partial charge in [-0.25, -0.2) is 22.0 Å². The maximum Gasteiger partial charge on any atom is 0.246 e. The van der Waals surface area contributed by atoms with Crippen LogP contribution < -0.4 is 5.32 Å². The molecular formula is C21H11ClF5N3O. The Hall–Kier alpha value is -3.46. The minimum atomic E-state index is -2.31. The molecule has 10 heteroatoms. The van der Waals surface area contributed by atoms with E-state index in [2.05, 4.69) is 5.10 Å². The number of nitrogens with one attached hydrogen (secondary N) is 1. The lowest BCUT2D eigenvalue weighted by Gasteiger charge is -2.10. The van der Waals surface area contributed by atoms with E-state index in [0.717, 1.165) is 5.56 Å². The number of nitrogens with zero attached hydrogens (tertiary/aromatic N) is 2. The Morgan fingerprint density at radius 2 is 1.52 bits per heavy atom. The van der Waals surface area contributed by atoms with Crippen molar-refractivity contribution in [3.05, 3.63) is 82.6 Å². The summed E-state index contributed by atoms with van der Waals surface area (Å²) >= 11 is 6.08. The van der Waals surface area contributed by atoms with Gasteiger partial charge in [0.15, 0.2) is 23.3 Å². The van der Waals surface area contributed by atoms with Crippen LogP contribution in [0.15, 0.2) is 48.5 Å². The average molecular weight is 452 g/mol. The van der Waals surface area contributed by atoms with Crippen LogP contribution in [-0.4, -0.2) is 15.7 Å². The fourth-order valence-corrected chi connectivity index (χ4v) is 3.28. The zero-order valence-electron chi connectivity index (χ0n) is 15.4. The Labute approximate surface area is 176 Å². The monoisotopic (exact) mass is 451 g/mol. The smallest absolute Gasteiger partial charge is 0.246 e. The largest absolute Gasteiger partial charge is 0.319 e. The van der Waals surface area contributed by atoms with Crippen LogP contribution in [0.2, 0.25) is 5.02 Å². The van der Waals surface area contributed by atoms with Crippen LogP contribution in [0, 0.1) is 29.1 Å². The molecule has 0 aliphatic rings. The summed E-state index contributed by atoms with van der Waals surface area (Å²) in [6, 6.07) is 13.8. The second-order valence-electron chi connectivity index (χ2n) is 6.53. The number of fused-ring (bicyclic) bond motifs is 1. The highest BCUT2D eigenvalue weighted by atomic mass is 35.5. The number of carbonyl (C=O) groups excluding carboxylic acids is 1. The second kappa shape index (κ2) is 7.99. The highest BCUT2D eigenvalue weighted by molar-refractivity contribution is 6.31. The van der Waals surface area contributed by atoms with E-state index in [0.29, 0.717) is 21.6 Å². The van der Waals surface area contributed by atoms with Gasteiger partial charge >= 0.3 is 0 Å². The molecule has 4 aromatic rings. The van der Waals surface area contributed by atoms with E-state index in [4.69, 9.17) is 11.6 Å². The molecule has 0 aliphatic carbocycles. The Balaban J connectivity index is 1.71. The number of hydrogen-bond acceptors (Lipinski definition) is 2. The van der Waals surface area contributed by atoms with Crippen LogP contribution in [0.4, 0.5) is 27.6 Å². The standard InChI is InChI=1S/C21H11ClF5N3O/c22-11-6-7-13-12(8-11)20(10-4-2-1-3-5-10)29-30(13)9-14(31)28-21-18(26)16(24)15(23)17(25)19(21)27/h1-8H,9H2,(H,28,31). The maximum atomic E-state index is 13.9. The van der Waals surface area contributed by atoms with Crippen molar-refractivity contribution in [2.45, 2.75) is 6.54 Å². The van der Waals surface area contributed by atoms with Crippen molar-refractivity contribution < 1.29 is 26.7 Å². The van der Waals surface area contributed by atoms with Crippen molar-refractivity contribution in [1.82, 2.24) is 9.78 Å². The van der Waals surface area contributed by atoms with Crippen LogP contribution in [-0.2, 0) is 11.3 Å². The first-order chi connectivity index (χ1) is 14.8. The van der Waals surface area contributed by atoms with Crippen molar-refractivity contribution in [3.63, 3.8) is 0 Å². The highest BCUT2D eigenvalue weighted by Crippen LogP contribution is 2.31. The van der Waals surface area contributed by atoms with Gasteiger partial charge in [-0.2, -0.15) is 5.10 Å². The molecular weight excluding hydrogens is 441 g/mol. The zero-order valence-corrected chi connectivity index (χ0v) is 16.2. The number of amides is 1. The van der Waals surface area contributed by atoms with Gasteiger partial charge in [0.1, 0.15) is 17.9 Å². The summed E-state index contributed by atoms with van der Waals surface area (Å²) in [7, 11) is 0. The van der Waals surface area contributed by atoms with Crippen LogP contribution in [0.3, 0.4) is 0 Å². The Morgan fingerprint density at radius 1 is 0.903 bits per heavy atom. The van der Waals surface area contributed by atoms with Crippen molar-refractivity contribution in [2.24, 2.45) is 0 Å². The first-order valence-electron chi connectivity index (χ1n) is 8.80. The summed E-state index contributed by atoms with van der Waals surface area (Å²) in [5, 5.41) is 7.16. The van der Waals surface area contributed by atoms with E-state index < -0.39 is 47.2 Å². The molecule has 0 radical (unpaired) electrons. The lowest BCUT2D eigenvalue weighted by atomic mass is 10.1. The molecule has 158 valence electrons. The number of benzene rings is 3. The fourth-order valence-electron chi connectivity index (χ4n) is 3.11. The van der Waals surface area contributed by atoms with Gasteiger partial charge in [-0.3, -0.25) is 9.48 Å².